The standard InChI is InChI=1S/C11H13NO2/c1-2-12-4-3-8-5-10(13)11(14)6-9(8)7-12/h5-7,14H,2-4H2,1H3/p+1. The normalized spacial score (nSPS) is 14.8. The number of aromatic hydroxyl groups is 2. The summed E-state index contributed by atoms with van der Waals surface area (Å²) in [6, 6.07) is 3.26. The number of hydrogen-bond donors (Lipinski definition) is 2. The van der Waals surface area contributed by atoms with Crippen molar-refractivity contribution in [2.75, 3.05) is 13.1 Å². The molecule has 0 saturated carbocycles. The molecule has 2 rings (SSSR count). The third-order valence-electron chi connectivity index (χ3n) is 2.63. The molecule has 14 heavy (non-hydrogen) atoms. The van der Waals surface area contributed by atoms with Gasteiger partial charge in [0, 0.05) is 12.0 Å². The molecule has 0 amide bonds. The van der Waals surface area contributed by atoms with E-state index in [9.17, 15) is 10.2 Å². The van der Waals surface area contributed by atoms with Crippen LogP contribution in [0, 0.1) is 0 Å². The van der Waals surface area contributed by atoms with Crippen molar-refractivity contribution in [1.82, 2.24) is 0 Å². The summed E-state index contributed by atoms with van der Waals surface area (Å²) in [5.74, 6) is -0.0694. The van der Waals surface area contributed by atoms with E-state index in [4.69, 9.17) is 0 Å². The minimum Gasteiger partial charge on any atom is -0.504 e. The predicted molar refractivity (Wildman–Crippen MR) is 54.3 cm³/mol. The monoisotopic (exact) mass is 192 g/mol. The molecule has 3 nitrogen and oxygen atoms in total. The highest BCUT2D eigenvalue weighted by Crippen LogP contribution is 2.28. The zero-order valence-electron chi connectivity index (χ0n) is 8.20. The van der Waals surface area contributed by atoms with E-state index in [1.807, 2.05) is 6.21 Å². The van der Waals surface area contributed by atoms with Crippen LogP contribution in [0.1, 0.15) is 18.1 Å². The first-order valence-corrected chi connectivity index (χ1v) is 4.84. The lowest BCUT2D eigenvalue weighted by Gasteiger charge is -2.12. The molecule has 0 bridgehead atoms. The number of nitrogens with zero attached hydrogens (tertiary/aromatic N) is 1. The van der Waals surface area contributed by atoms with Crippen molar-refractivity contribution >= 4 is 6.21 Å². The zero-order chi connectivity index (χ0) is 10.1. The summed E-state index contributed by atoms with van der Waals surface area (Å²) in [6.45, 7) is 4.05. The molecule has 0 aliphatic carbocycles. The third-order valence-corrected chi connectivity index (χ3v) is 2.63. The van der Waals surface area contributed by atoms with E-state index in [-0.39, 0.29) is 11.5 Å². The third kappa shape index (κ3) is 1.45. The number of hydrogen-bond acceptors (Lipinski definition) is 2. The molecule has 0 spiro atoms. The summed E-state index contributed by atoms with van der Waals surface area (Å²) in [5.41, 5.74) is 2.11. The second-order valence-corrected chi connectivity index (χ2v) is 3.55. The van der Waals surface area contributed by atoms with Crippen LogP contribution >= 0.6 is 0 Å². The largest absolute Gasteiger partial charge is 0.504 e. The minimum atomic E-state index is -0.0436. The van der Waals surface area contributed by atoms with E-state index in [0.717, 1.165) is 30.6 Å². The molecule has 0 aromatic heterocycles. The molecule has 1 heterocycles. The van der Waals surface area contributed by atoms with Gasteiger partial charge in [0.1, 0.15) is 13.1 Å². The van der Waals surface area contributed by atoms with Crippen LogP contribution in [-0.2, 0) is 6.42 Å². The number of likely N-dealkylation sites (N-methyl/N-ethyl adjacent to an activating group) is 1. The number of benzene rings is 1. The molecule has 74 valence electrons. The van der Waals surface area contributed by atoms with Crippen LogP contribution in [-0.4, -0.2) is 34.1 Å². The van der Waals surface area contributed by atoms with Crippen LogP contribution in [0.3, 0.4) is 0 Å². The first-order valence-electron chi connectivity index (χ1n) is 4.84. The number of phenols is 2. The first kappa shape index (κ1) is 9.06. The topological polar surface area (TPSA) is 43.5 Å². The fourth-order valence-electron chi connectivity index (χ4n) is 1.75. The molecular weight excluding hydrogens is 178 g/mol. The predicted octanol–water partition coefficient (Wildman–Crippen LogP) is 1.11. The number of fused-ring (bicyclic) bond motifs is 1. The highest BCUT2D eigenvalue weighted by molar-refractivity contribution is 5.80. The van der Waals surface area contributed by atoms with Gasteiger partial charge in [-0.25, -0.2) is 4.58 Å². The lowest BCUT2D eigenvalue weighted by molar-refractivity contribution is -0.520. The SMILES string of the molecule is CC[N+]1=Cc2cc(O)c(O)cc2CC1. The molecule has 1 aliphatic rings. The number of rotatable bonds is 1. The molecule has 0 fully saturated rings. The molecule has 0 radical (unpaired) electrons. The minimum absolute atomic E-state index is 0.0258. The van der Waals surface area contributed by atoms with Gasteiger partial charge >= 0.3 is 0 Å². The van der Waals surface area contributed by atoms with Crippen molar-refractivity contribution in [3.8, 4) is 11.5 Å². The van der Waals surface area contributed by atoms with Gasteiger partial charge in [0.25, 0.3) is 0 Å². The van der Waals surface area contributed by atoms with Gasteiger partial charge in [0.05, 0.1) is 0 Å². The van der Waals surface area contributed by atoms with Gasteiger partial charge in [-0.05, 0) is 24.6 Å². The van der Waals surface area contributed by atoms with Crippen molar-refractivity contribution in [1.29, 1.82) is 0 Å². The molecule has 0 saturated heterocycles. The Hall–Kier alpha value is -1.51. The molecule has 1 aromatic rings. The van der Waals surface area contributed by atoms with Crippen molar-refractivity contribution in [2.45, 2.75) is 13.3 Å². The highest BCUT2D eigenvalue weighted by atomic mass is 16.3. The number of phenolic OH excluding ortho intramolecular Hbond substituents is 2. The van der Waals surface area contributed by atoms with Crippen LogP contribution in [0.2, 0.25) is 0 Å². The maximum atomic E-state index is 9.35. The highest BCUT2D eigenvalue weighted by Gasteiger charge is 2.16. The van der Waals surface area contributed by atoms with Crippen molar-refractivity contribution in [3.05, 3.63) is 23.3 Å². The van der Waals surface area contributed by atoms with Crippen LogP contribution in [0.25, 0.3) is 0 Å². The van der Waals surface area contributed by atoms with Crippen LogP contribution in [0.4, 0.5) is 0 Å². The van der Waals surface area contributed by atoms with Gasteiger partial charge in [-0.2, -0.15) is 0 Å². The van der Waals surface area contributed by atoms with Gasteiger partial charge in [0.2, 0.25) is 0 Å². The average Bonchev–Trinajstić information content (AvgIpc) is 2.19. The summed E-state index contributed by atoms with van der Waals surface area (Å²) >= 11 is 0. The Kier molecular flexibility index (Phi) is 2.15. The lowest BCUT2D eigenvalue weighted by atomic mass is 10.0. The lowest BCUT2D eigenvalue weighted by Crippen LogP contribution is -2.22. The fourth-order valence-corrected chi connectivity index (χ4v) is 1.75. The molecule has 1 aromatic carbocycles. The van der Waals surface area contributed by atoms with E-state index in [1.54, 1.807) is 12.1 Å². The van der Waals surface area contributed by atoms with E-state index < -0.39 is 0 Å². The summed E-state index contributed by atoms with van der Waals surface area (Å²) in [5, 5.41) is 18.7. The molecule has 0 unspecified atom stereocenters. The van der Waals surface area contributed by atoms with Crippen LogP contribution in [0.5, 0.6) is 11.5 Å². The van der Waals surface area contributed by atoms with Crippen molar-refractivity contribution in [3.63, 3.8) is 0 Å². The molecular formula is C11H14NO2+. The summed E-state index contributed by atoms with van der Waals surface area (Å²) in [4.78, 5) is 0. The molecule has 2 N–H and O–H groups in total. The smallest absolute Gasteiger partial charge is 0.171 e. The Balaban J connectivity index is 2.48. The van der Waals surface area contributed by atoms with Crippen LogP contribution in [0.15, 0.2) is 12.1 Å². The average molecular weight is 192 g/mol. The maximum Gasteiger partial charge on any atom is 0.171 e. The van der Waals surface area contributed by atoms with Crippen LogP contribution < -0.4 is 0 Å². The van der Waals surface area contributed by atoms with E-state index in [0.29, 0.717) is 0 Å². The Labute approximate surface area is 82.9 Å². The second-order valence-electron chi connectivity index (χ2n) is 3.55. The zero-order valence-corrected chi connectivity index (χ0v) is 8.20. The van der Waals surface area contributed by atoms with Crippen molar-refractivity contribution in [2.24, 2.45) is 0 Å². The Morgan fingerprint density at radius 1 is 1.29 bits per heavy atom. The maximum absolute atomic E-state index is 9.35. The Morgan fingerprint density at radius 3 is 2.71 bits per heavy atom. The molecule has 1 aliphatic heterocycles. The van der Waals surface area contributed by atoms with E-state index in [1.165, 1.54) is 0 Å². The van der Waals surface area contributed by atoms with Crippen molar-refractivity contribution < 1.29 is 14.8 Å². The Bertz CT molecular complexity index is 397. The van der Waals surface area contributed by atoms with Gasteiger partial charge in [0.15, 0.2) is 17.7 Å². The second kappa shape index (κ2) is 3.33. The quantitative estimate of drug-likeness (QED) is 0.517. The van der Waals surface area contributed by atoms with Gasteiger partial charge in [-0.15, -0.1) is 0 Å². The first-order chi connectivity index (χ1) is 6.70. The van der Waals surface area contributed by atoms with E-state index >= 15 is 0 Å². The summed E-state index contributed by atoms with van der Waals surface area (Å²) in [7, 11) is 0. The van der Waals surface area contributed by atoms with E-state index in [2.05, 4.69) is 11.5 Å². The Morgan fingerprint density at radius 2 is 2.00 bits per heavy atom. The van der Waals surface area contributed by atoms with Gasteiger partial charge < -0.3 is 10.2 Å². The molecule has 3 heteroatoms. The summed E-state index contributed by atoms with van der Waals surface area (Å²) < 4.78 is 2.19. The molecule has 0 atom stereocenters. The summed E-state index contributed by atoms with van der Waals surface area (Å²) in [6.07, 6.45) is 2.95. The fraction of sp³-hybridized carbons (Fsp3) is 0.364. The van der Waals surface area contributed by atoms with Gasteiger partial charge in [-0.3, -0.25) is 0 Å². The van der Waals surface area contributed by atoms with Gasteiger partial charge in [-0.1, -0.05) is 0 Å².